The van der Waals surface area contributed by atoms with E-state index >= 15 is 0 Å². The lowest BCUT2D eigenvalue weighted by atomic mass is 9.73. The van der Waals surface area contributed by atoms with Crippen LogP contribution in [-0.4, -0.2) is 46.2 Å². The summed E-state index contributed by atoms with van der Waals surface area (Å²) in [6, 6.07) is 10.4. The molecule has 1 aliphatic carbocycles. The molecule has 0 spiro atoms. The summed E-state index contributed by atoms with van der Waals surface area (Å²) in [5, 5.41) is 0. The molecule has 1 saturated heterocycles. The van der Waals surface area contributed by atoms with Gasteiger partial charge in [0.1, 0.15) is 0 Å². The Balaban J connectivity index is 1.70. The fraction of sp³-hybridized carbons (Fsp3) is 0.273. The van der Waals surface area contributed by atoms with Crippen molar-refractivity contribution in [1.82, 2.24) is 19.9 Å². The number of anilines is 2. The highest BCUT2D eigenvalue weighted by Gasteiger charge is 2.34. The number of allylic oxidation sites excluding steroid dienone is 4. The monoisotopic (exact) mass is 386 g/mol. The van der Waals surface area contributed by atoms with E-state index in [1.165, 1.54) is 5.56 Å². The third-order valence-corrected chi connectivity index (χ3v) is 5.53. The van der Waals surface area contributed by atoms with Gasteiger partial charge >= 0.3 is 0 Å². The lowest BCUT2D eigenvalue weighted by Gasteiger charge is -2.32. The van der Waals surface area contributed by atoms with Gasteiger partial charge in [-0.05, 0) is 12.0 Å². The third-order valence-electron chi connectivity index (χ3n) is 5.53. The maximum Gasteiger partial charge on any atom is 0.224 e. The largest absolute Gasteiger partial charge is 0.378 e. The number of benzene rings is 1. The molecule has 1 aromatic carbocycles. The molecule has 3 heterocycles. The topological polar surface area (TPSA) is 90.0 Å². The van der Waals surface area contributed by atoms with E-state index < -0.39 is 0 Å². The van der Waals surface area contributed by atoms with Gasteiger partial charge in [-0.25, -0.2) is 9.97 Å². The molecular formula is C22H22N6O. The van der Waals surface area contributed by atoms with Crippen LogP contribution in [0.2, 0.25) is 0 Å². The Morgan fingerprint density at radius 3 is 2.59 bits per heavy atom. The quantitative estimate of drug-likeness (QED) is 0.740. The summed E-state index contributed by atoms with van der Waals surface area (Å²) >= 11 is 0. The number of morpholine rings is 1. The van der Waals surface area contributed by atoms with Crippen LogP contribution in [0, 0.1) is 0 Å². The molecule has 0 amide bonds. The van der Waals surface area contributed by atoms with Gasteiger partial charge in [0.15, 0.2) is 17.0 Å². The van der Waals surface area contributed by atoms with Crippen molar-refractivity contribution < 1.29 is 4.74 Å². The Morgan fingerprint density at radius 1 is 1.00 bits per heavy atom. The van der Waals surface area contributed by atoms with Crippen molar-refractivity contribution in [2.24, 2.45) is 0 Å². The van der Waals surface area contributed by atoms with E-state index in [0.29, 0.717) is 24.4 Å². The molecule has 2 N–H and O–H groups in total. The van der Waals surface area contributed by atoms with Crippen molar-refractivity contribution in [3.63, 3.8) is 0 Å². The van der Waals surface area contributed by atoms with E-state index in [1.54, 1.807) is 0 Å². The molecular weight excluding hydrogens is 364 g/mol. The van der Waals surface area contributed by atoms with Crippen LogP contribution in [0.5, 0.6) is 0 Å². The first-order chi connectivity index (χ1) is 14.3. The number of nitrogens with zero attached hydrogens (tertiary/aromatic N) is 5. The molecule has 1 unspecified atom stereocenters. The molecule has 5 rings (SSSR count). The predicted molar refractivity (Wildman–Crippen MR) is 113 cm³/mol. The Kier molecular flexibility index (Phi) is 4.44. The average Bonchev–Trinajstić information content (AvgIpc) is 2.80. The molecule has 1 aliphatic heterocycles. The van der Waals surface area contributed by atoms with Crippen LogP contribution in [0.3, 0.4) is 0 Å². The van der Waals surface area contributed by atoms with Gasteiger partial charge in [-0.2, -0.15) is 9.97 Å². The number of hydrogen-bond acceptors (Lipinski definition) is 7. The first-order valence-electron chi connectivity index (χ1n) is 9.80. The summed E-state index contributed by atoms with van der Waals surface area (Å²) < 4.78 is 5.49. The van der Waals surface area contributed by atoms with Crippen LogP contribution >= 0.6 is 0 Å². The van der Waals surface area contributed by atoms with E-state index in [0.717, 1.165) is 31.0 Å². The van der Waals surface area contributed by atoms with Crippen molar-refractivity contribution >= 4 is 22.9 Å². The van der Waals surface area contributed by atoms with Gasteiger partial charge in [0.2, 0.25) is 5.95 Å². The van der Waals surface area contributed by atoms with Gasteiger partial charge in [0.25, 0.3) is 0 Å². The molecule has 0 radical (unpaired) electrons. The zero-order valence-electron chi connectivity index (χ0n) is 16.0. The zero-order valence-corrected chi connectivity index (χ0v) is 16.0. The fourth-order valence-electron chi connectivity index (χ4n) is 4.03. The average molecular weight is 386 g/mol. The van der Waals surface area contributed by atoms with Crippen molar-refractivity contribution in [2.45, 2.75) is 11.8 Å². The highest BCUT2D eigenvalue weighted by atomic mass is 16.5. The minimum atomic E-state index is -0.374. The number of hydrogen-bond donors (Lipinski definition) is 1. The highest BCUT2D eigenvalue weighted by Crippen LogP contribution is 2.39. The van der Waals surface area contributed by atoms with Gasteiger partial charge in [0, 0.05) is 13.1 Å². The molecule has 1 atom stereocenters. The maximum absolute atomic E-state index is 5.96. The zero-order chi connectivity index (χ0) is 19.7. The Morgan fingerprint density at radius 2 is 1.83 bits per heavy atom. The molecule has 2 aliphatic rings. The summed E-state index contributed by atoms with van der Waals surface area (Å²) in [7, 11) is 0. The summed E-state index contributed by atoms with van der Waals surface area (Å²) in [5.41, 5.74) is 8.83. The second kappa shape index (κ2) is 7.25. The molecule has 2 aromatic heterocycles. The smallest absolute Gasteiger partial charge is 0.224 e. The van der Waals surface area contributed by atoms with Crippen molar-refractivity contribution in [1.29, 1.82) is 0 Å². The highest BCUT2D eigenvalue weighted by molar-refractivity contribution is 5.84. The minimum absolute atomic E-state index is 0.208. The number of rotatable bonds is 3. The Hall–Kier alpha value is -3.32. The number of aromatic nitrogens is 4. The summed E-state index contributed by atoms with van der Waals surface area (Å²) in [6.45, 7) is 2.79. The van der Waals surface area contributed by atoms with Crippen LogP contribution in [0.1, 0.15) is 17.7 Å². The van der Waals surface area contributed by atoms with Crippen LogP contribution in [0.15, 0.2) is 60.8 Å². The third kappa shape index (κ3) is 3.13. The van der Waals surface area contributed by atoms with Crippen molar-refractivity contribution in [3.8, 4) is 0 Å². The van der Waals surface area contributed by atoms with Crippen molar-refractivity contribution in [3.05, 3.63) is 72.1 Å². The summed E-state index contributed by atoms with van der Waals surface area (Å²) in [4.78, 5) is 20.7. The molecule has 29 heavy (non-hydrogen) atoms. The van der Waals surface area contributed by atoms with Crippen LogP contribution in [-0.2, 0) is 10.2 Å². The minimum Gasteiger partial charge on any atom is -0.378 e. The first-order valence-corrected chi connectivity index (χ1v) is 9.80. The fourth-order valence-corrected chi connectivity index (χ4v) is 4.03. The molecule has 1 fully saturated rings. The lowest BCUT2D eigenvalue weighted by molar-refractivity contribution is 0.122. The molecule has 3 aromatic rings. The standard InChI is InChI=1S/C22H22N6O/c23-21-26-19-18(20(27-21)28-11-13-29-14-12-28)25-17(15-24-19)22(9-5-2-6-10-22)16-7-3-1-4-8-16/h1-9,15H,10-14H2,(H2,23,24,26,27). The Bertz CT molecular complexity index is 1090. The number of fused-ring (bicyclic) bond motifs is 1. The Labute approximate surface area is 169 Å². The SMILES string of the molecule is Nc1nc(N2CCOCC2)c2nc(C3(c4ccccc4)C=CC=CC3)cnc2n1. The van der Waals surface area contributed by atoms with E-state index in [-0.39, 0.29) is 11.4 Å². The number of nitrogens with two attached hydrogens (primary N) is 1. The normalized spacial score (nSPS) is 21.6. The van der Waals surface area contributed by atoms with Gasteiger partial charge in [0.05, 0.1) is 30.5 Å². The van der Waals surface area contributed by atoms with Crippen LogP contribution in [0.4, 0.5) is 11.8 Å². The second-order valence-electron chi connectivity index (χ2n) is 7.26. The van der Waals surface area contributed by atoms with Crippen molar-refractivity contribution in [2.75, 3.05) is 36.9 Å². The molecule has 0 bridgehead atoms. The van der Waals surface area contributed by atoms with Crippen LogP contribution < -0.4 is 10.6 Å². The van der Waals surface area contributed by atoms with Gasteiger partial charge in [-0.15, -0.1) is 0 Å². The second-order valence-corrected chi connectivity index (χ2v) is 7.26. The molecule has 0 saturated carbocycles. The molecule has 146 valence electrons. The predicted octanol–water partition coefficient (Wildman–Crippen LogP) is 2.64. The molecule has 7 nitrogen and oxygen atoms in total. The number of nitrogen functional groups attached to an aromatic ring is 1. The van der Waals surface area contributed by atoms with Crippen LogP contribution in [0.25, 0.3) is 11.2 Å². The van der Waals surface area contributed by atoms with E-state index in [2.05, 4.69) is 68.4 Å². The van der Waals surface area contributed by atoms with E-state index in [9.17, 15) is 0 Å². The van der Waals surface area contributed by atoms with E-state index in [4.69, 9.17) is 15.5 Å². The molecule has 7 heteroatoms. The van der Waals surface area contributed by atoms with E-state index in [1.807, 2.05) is 12.3 Å². The van der Waals surface area contributed by atoms with Gasteiger partial charge in [-0.1, -0.05) is 54.6 Å². The van der Waals surface area contributed by atoms with Gasteiger partial charge in [-0.3, -0.25) is 0 Å². The first kappa shape index (κ1) is 17.8. The lowest BCUT2D eigenvalue weighted by Crippen LogP contribution is -2.37. The summed E-state index contributed by atoms with van der Waals surface area (Å²) in [6.07, 6.45) is 11.1. The maximum atomic E-state index is 5.96. The van der Waals surface area contributed by atoms with Gasteiger partial charge < -0.3 is 15.4 Å². The summed E-state index contributed by atoms with van der Waals surface area (Å²) in [5.74, 6) is 0.933. The number of ether oxygens (including phenoxy) is 1.